The molecule has 66 valence electrons. The van der Waals surface area contributed by atoms with Gasteiger partial charge >= 0.3 is 0 Å². The first-order valence-corrected chi connectivity index (χ1v) is 4.21. The fraction of sp³-hybridized carbons (Fsp3) is 0.875. The maximum absolute atomic E-state index is 9.97. The molecule has 0 rings (SSSR count). The van der Waals surface area contributed by atoms with Crippen molar-refractivity contribution in [3.05, 3.63) is 0 Å². The third-order valence-electron chi connectivity index (χ3n) is 1.53. The molecule has 11 heavy (non-hydrogen) atoms. The molecule has 0 radical (unpaired) electrons. The van der Waals surface area contributed by atoms with Crippen molar-refractivity contribution in [3.8, 4) is 0 Å². The highest BCUT2D eigenvalue weighted by Crippen LogP contribution is 1.86. The van der Waals surface area contributed by atoms with E-state index in [1.165, 1.54) is 0 Å². The molecule has 3 heteroatoms. The molecular weight excluding hydrogens is 140 g/mol. The van der Waals surface area contributed by atoms with E-state index in [0.29, 0.717) is 0 Å². The minimum Gasteiger partial charge on any atom is -0.356 e. The van der Waals surface area contributed by atoms with Gasteiger partial charge in [-0.25, -0.2) is 0 Å². The third-order valence-corrected chi connectivity index (χ3v) is 1.53. The molecule has 0 bridgehead atoms. The van der Waals surface area contributed by atoms with Crippen molar-refractivity contribution in [2.45, 2.75) is 32.7 Å². The summed E-state index contributed by atoms with van der Waals surface area (Å²) in [5.74, 6) is 0. The largest absolute Gasteiger partial charge is 0.356 e. The first kappa shape index (κ1) is 10.4. The van der Waals surface area contributed by atoms with Crippen LogP contribution in [0.25, 0.3) is 0 Å². The lowest BCUT2D eigenvalue weighted by Crippen LogP contribution is -2.29. The lowest BCUT2D eigenvalue weighted by atomic mass is 10.2. The zero-order chi connectivity index (χ0) is 8.53. The summed E-state index contributed by atoms with van der Waals surface area (Å²) < 4.78 is 0. The van der Waals surface area contributed by atoms with Crippen LogP contribution in [0.2, 0.25) is 0 Å². The molecule has 0 aromatic heterocycles. The molecule has 0 unspecified atom stereocenters. The smallest absolute Gasteiger partial charge is 0.207 e. The van der Waals surface area contributed by atoms with Gasteiger partial charge in [0.05, 0.1) is 0 Å². The Labute approximate surface area is 68.6 Å². The molecular formula is C8H18N2O. The van der Waals surface area contributed by atoms with E-state index in [1.54, 1.807) is 0 Å². The zero-order valence-electron chi connectivity index (χ0n) is 7.39. The fourth-order valence-corrected chi connectivity index (χ4v) is 0.820. The Hall–Kier alpha value is -0.570. The van der Waals surface area contributed by atoms with Crippen molar-refractivity contribution in [2.75, 3.05) is 13.1 Å². The molecule has 1 amide bonds. The summed E-state index contributed by atoms with van der Waals surface area (Å²) in [7, 11) is 0. The van der Waals surface area contributed by atoms with E-state index in [9.17, 15) is 4.79 Å². The summed E-state index contributed by atoms with van der Waals surface area (Å²) in [6, 6.07) is 0.289. The Morgan fingerprint density at radius 1 is 1.45 bits per heavy atom. The van der Waals surface area contributed by atoms with E-state index >= 15 is 0 Å². The quantitative estimate of drug-likeness (QED) is 0.419. The molecule has 0 aliphatic rings. The summed E-state index contributed by atoms with van der Waals surface area (Å²) >= 11 is 0. The van der Waals surface area contributed by atoms with Gasteiger partial charge < -0.3 is 10.6 Å². The number of hydrogen-bond acceptors (Lipinski definition) is 2. The second-order valence-electron chi connectivity index (χ2n) is 2.72. The molecule has 0 saturated heterocycles. The van der Waals surface area contributed by atoms with Crippen LogP contribution >= 0.6 is 0 Å². The van der Waals surface area contributed by atoms with Crippen molar-refractivity contribution in [1.29, 1.82) is 0 Å². The molecule has 1 atom stereocenters. The molecule has 0 fully saturated rings. The van der Waals surface area contributed by atoms with Crippen molar-refractivity contribution in [1.82, 2.24) is 10.6 Å². The Bertz CT molecular complexity index is 96.1. The van der Waals surface area contributed by atoms with Gasteiger partial charge in [0.2, 0.25) is 6.41 Å². The number of carbonyl (C=O) groups excluding carboxylic acids is 1. The molecule has 0 saturated carbocycles. The van der Waals surface area contributed by atoms with E-state index in [4.69, 9.17) is 0 Å². The van der Waals surface area contributed by atoms with E-state index < -0.39 is 0 Å². The Balaban J connectivity index is 3.03. The highest BCUT2D eigenvalue weighted by molar-refractivity contribution is 5.46. The molecule has 0 spiro atoms. The van der Waals surface area contributed by atoms with Crippen molar-refractivity contribution < 1.29 is 4.79 Å². The average molecular weight is 158 g/mol. The number of amides is 1. The first-order valence-electron chi connectivity index (χ1n) is 4.21. The van der Waals surface area contributed by atoms with E-state index in [0.717, 1.165) is 32.3 Å². The second-order valence-corrected chi connectivity index (χ2v) is 2.72. The number of hydrogen-bond donors (Lipinski definition) is 2. The van der Waals surface area contributed by atoms with E-state index in [-0.39, 0.29) is 6.04 Å². The summed E-state index contributed by atoms with van der Waals surface area (Å²) in [4.78, 5) is 9.97. The van der Waals surface area contributed by atoms with E-state index in [1.807, 2.05) is 6.92 Å². The summed E-state index contributed by atoms with van der Waals surface area (Å²) in [6.45, 7) is 6.19. The molecule has 0 aliphatic heterocycles. The van der Waals surface area contributed by atoms with Crippen LogP contribution in [0.1, 0.15) is 26.7 Å². The second kappa shape index (κ2) is 7.54. The molecule has 0 aliphatic carbocycles. The van der Waals surface area contributed by atoms with Crippen LogP contribution in [-0.2, 0) is 4.79 Å². The minimum atomic E-state index is 0.289. The number of rotatable bonds is 7. The molecule has 0 aromatic carbocycles. The zero-order valence-corrected chi connectivity index (χ0v) is 7.39. The normalized spacial score (nSPS) is 12.5. The van der Waals surface area contributed by atoms with Gasteiger partial charge in [0.25, 0.3) is 0 Å². The van der Waals surface area contributed by atoms with Crippen LogP contribution in [0, 0.1) is 0 Å². The van der Waals surface area contributed by atoms with Crippen molar-refractivity contribution in [3.63, 3.8) is 0 Å². The predicted octanol–water partition coefficient (Wildman–Crippen LogP) is 0.511. The van der Waals surface area contributed by atoms with Crippen LogP contribution in [0.15, 0.2) is 0 Å². The molecule has 2 N–H and O–H groups in total. The van der Waals surface area contributed by atoms with E-state index in [2.05, 4.69) is 17.6 Å². The summed E-state index contributed by atoms with van der Waals surface area (Å²) in [5, 5.41) is 5.97. The number of carbonyl (C=O) groups is 1. The fourth-order valence-electron chi connectivity index (χ4n) is 0.820. The maximum atomic E-state index is 9.97. The van der Waals surface area contributed by atoms with Crippen LogP contribution < -0.4 is 10.6 Å². The highest BCUT2D eigenvalue weighted by Gasteiger charge is 1.96. The number of nitrogens with one attached hydrogen (secondary N) is 2. The molecule has 3 nitrogen and oxygen atoms in total. The van der Waals surface area contributed by atoms with Gasteiger partial charge in [-0.1, -0.05) is 6.92 Å². The first-order chi connectivity index (χ1) is 5.31. The third kappa shape index (κ3) is 7.33. The van der Waals surface area contributed by atoms with Gasteiger partial charge in [-0.2, -0.15) is 0 Å². The van der Waals surface area contributed by atoms with Gasteiger partial charge in [-0.15, -0.1) is 0 Å². The van der Waals surface area contributed by atoms with Gasteiger partial charge in [0, 0.05) is 6.04 Å². The van der Waals surface area contributed by atoms with Crippen LogP contribution in [0.3, 0.4) is 0 Å². The summed E-state index contributed by atoms with van der Waals surface area (Å²) in [5.41, 5.74) is 0. The monoisotopic (exact) mass is 158 g/mol. The standard InChI is InChI=1S/C8H18N2O/c1-3-5-9-6-4-8(2)10-7-11/h7-9H,3-6H2,1-2H3,(H,10,11)/t8-/m1/s1. The van der Waals surface area contributed by atoms with Crippen molar-refractivity contribution >= 4 is 6.41 Å². The lowest BCUT2D eigenvalue weighted by molar-refractivity contribution is -0.110. The SMILES string of the molecule is CCCNCC[C@@H](C)NC=O. The van der Waals surface area contributed by atoms with Crippen molar-refractivity contribution in [2.24, 2.45) is 0 Å². The average Bonchev–Trinajstić information content (AvgIpc) is 1.99. The van der Waals surface area contributed by atoms with Gasteiger partial charge in [0.15, 0.2) is 0 Å². The Kier molecular flexibility index (Phi) is 7.15. The minimum absolute atomic E-state index is 0.289. The van der Waals surface area contributed by atoms with Crippen LogP contribution in [0.4, 0.5) is 0 Å². The predicted molar refractivity (Wildman–Crippen MR) is 46.4 cm³/mol. The molecule has 0 heterocycles. The highest BCUT2D eigenvalue weighted by atomic mass is 16.1. The van der Waals surface area contributed by atoms with Gasteiger partial charge in [0.1, 0.15) is 0 Å². The maximum Gasteiger partial charge on any atom is 0.207 e. The summed E-state index contributed by atoms with van der Waals surface area (Å²) in [6.07, 6.45) is 2.92. The Morgan fingerprint density at radius 2 is 2.18 bits per heavy atom. The van der Waals surface area contributed by atoms with Crippen LogP contribution in [0.5, 0.6) is 0 Å². The Morgan fingerprint density at radius 3 is 2.73 bits per heavy atom. The lowest BCUT2D eigenvalue weighted by Gasteiger charge is -2.09. The molecule has 0 aromatic rings. The van der Waals surface area contributed by atoms with Crippen LogP contribution in [-0.4, -0.2) is 25.5 Å². The topological polar surface area (TPSA) is 41.1 Å². The van der Waals surface area contributed by atoms with Gasteiger partial charge in [-0.3, -0.25) is 4.79 Å². The van der Waals surface area contributed by atoms with Gasteiger partial charge in [-0.05, 0) is 32.9 Å².